The number of halogens is 3. The van der Waals surface area contributed by atoms with Crippen molar-refractivity contribution in [1.82, 2.24) is 4.98 Å². The number of nitrogens with zero attached hydrogens (tertiary/aromatic N) is 1. The second-order valence-corrected chi connectivity index (χ2v) is 4.12. The van der Waals surface area contributed by atoms with Crippen LogP contribution in [0.1, 0.15) is 0 Å². The summed E-state index contributed by atoms with van der Waals surface area (Å²) in [6.45, 7) is 0. The van der Waals surface area contributed by atoms with Crippen molar-refractivity contribution in [3.05, 3.63) is 47.8 Å². The molecule has 3 aromatic rings. The molecule has 20 heavy (non-hydrogen) atoms. The number of rotatable bonds is 2. The SMILES string of the molecule is Nc1ccc2oc(Nc3cc(F)c(F)cc3F)nc2c1. The van der Waals surface area contributed by atoms with Crippen molar-refractivity contribution >= 4 is 28.5 Å². The fourth-order valence-corrected chi connectivity index (χ4v) is 1.73. The van der Waals surface area contributed by atoms with Crippen molar-refractivity contribution in [2.75, 3.05) is 11.1 Å². The van der Waals surface area contributed by atoms with E-state index in [0.717, 1.165) is 0 Å². The standard InChI is InChI=1S/C13H8F3N3O/c14-7-4-9(16)10(5-8(7)15)18-13-19-11-3-6(17)1-2-12(11)20-13/h1-5H,17H2,(H,18,19). The Bertz CT molecular complexity index is 801. The first-order valence-electron chi connectivity index (χ1n) is 5.60. The lowest BCUT2D eigenvalue weighted by Crippen LogP contribution is -1.97. The third kappa shape index (κ3) is 2.13. The van der Waals surface area contributed by atoms with Gasteiger partial charge in [0.15, 0.2) is 17.2 Å². The average Bonchev–Trinajstić information content (AvgIpc) is 2.77. The van der Waals surface area contributed by atoms with Crippen LogP contribution in [-0.2, 0) is 0 Å². The van der Waals surface area contributed by atoms with Gasteiger partial charge in [0.1, 0.15) is 11.3 Å². The Morgan fingerprint density at radius 1 is 1.00 bits per heavy atom. The summed E-state index contributed by atoms with van der Waals surface area (Å²) in [7, 11) is 0. The van der Waals surface area contributed by atoms with E-state index < -0.39 is 17.5 Å². The average molecular weight is 279 g/mol. The number of aromatic nitrogens is 1. The fraction of sp³-hybridized carbons (Fsp3) is 0. The molecule has 7 heteroatoms. The lowest BCUT2D eigenvalue weighted by molar-refractivity contribution is 0.496. The van der Waals surface area contributed by atoms with Gasteiger partial charge in [0.25, 0.3) is 6.01 Å². The van der Waals surface area contributed by atoms with Crippen LogP contribution in [0.15, 0.2) is 34.7 Å². The molecule has 1 heterocycles. The van der Waals surface area contributed by atoms with Crippen LogP contribution in [0.5, 0.6) is 0 Å². The molecule has 0 aliphatic heterocycles. The third-order valence-corrected chi connectivity index (χ3v) is 2.66. The van der Waals surface area contributed by atoms with Gasteiger partial charge in [-0.1, -0.05) is 0 Å². The van der Waals surface area contributed by atoms with Crippen LogP contribution in [-0.4, -0.2) is 4.98 Å². The van der Waals surface area contributed by atoms with Crippen molar-refractivity contribution in [3.8, 4) is 0 Å². The minimum absolute atomic E-state index is 0.0458. The summed E-state index contributed by atoms with van der Waals surface area (Å²) in [6.07, 6.45) is 0. The van der Waals surface area contributed by atoms with Crippen molar-refractivity contribution in [3.63, 3.8) is 0 Å². The molecule has 3 rings (SSSR count). The molecule has 0 radical (unpaired) electrons. The summed E-state index contributed by atoms with van der Waals surface area (Å²) < 4.78 is 44.7. The van der Waals surface area contributed by atoms with E-state index in [9.17, 15) is 13.2 Å². The summed E-state index contributed by atoms with van der Waals surface area (Å²) >= 11 is 0. The van der Waals surface area contributed by atoms with Crippen molar-refractivity contribution in [2.45, 2.75) is 0 Å². The maximum atomic E-state index is 13.5. The number of oxazole rings is 1. The van der Waals surface area contributed by atoms with E-state index in [4.69, 9.17) is 10.2 Å². The molecule has 0 aliphatic rings. The molecule has 0 atom stereocenters. The first kappa shape index (κ1) is 12.3. The van der Waals surface area contributed by atoms with Gasteiger partial charge in [-0.3, -0.25) is 0 Å². The highest BCUT2D eigenvalue weighted by molar-refractivity contribution is 5.78. The molecular weight excluding hydrogens is 271 g/mol. The number of hydrogen-bond acceptors (Lipinski definition) is 4. The number of hydrogen-bond donors (Lipinski definition) is 2. The van der Waals surface area contributed by atoms with Crippen LogP contribution in [0.4, 0.5) is 30.6 Å². The number of fused-ring (bicyclic) bond motifs is 1. The first-order chi connectivity index (χ1) is 9.52. The molecule has 0 aliphatic carbocycles. The second kappa shape index (κ2) is 4.44. The molecule has 0 unspecified atom stereocenters. The number of nitrogens with two attached hydrogens (primary N) is 1. The molecular formula is C13H8F3N3O. The molecule has 0 spiro atoms. The van der Waals surface area contributed by atoms with E-state index in [1.165, 1.54) is 0 Å². The molecule has 102 valence electrons. The predicted molar refractivity (Wildman–Crippen MR) is 68.0 cm³/mol. The summed E-state index contributed by atoms with van der Waals surface area (Å²) in [6, 6.07) is 5.88. The van der Waals surface area contributed by atoms with Crippen molar-refractivity contribution < 1.29 is 17.6 Å². The van der Waals surface area contributed by atoms with Crippen LogP contribution in [0, 0.1) is 17.5 Å². The predicted octanol–water partition coefficient (Wildman–Crippen LogP) is 3.57. The number of benzene rings is 2. The lowest BCUT2D eigenvalue weighted by Gasteiger charge is -2.03. The van der Waals surface area contributed by atoms with Gasteiger partial charge < -0.3 is 15.5 Å². The smallest absolute Gasteiger partial charge is 0.300 e. The van der Waals surface area contributed by atoms with Crippen LogP contribution < -0.4 is 11.1 Å². The lowest BCUT2D eigenvalue weighted by atomic mass is 10.3. The van der Waals surface area contributed by atoms with Gasteiger partial charge in [0.05, 0.1) is 5.69 Å². The molecule has 0 fully saturated rings. The monoisotopic (exact) mass is 279 g/mol. The van der Waals surface area contributed by atoms with Gasteiger partial charge in [0, 0.05) is 17.8 Å². The Hall–Kier alpha value is -2.70. The number of nitrogen functional groups attached to an aromatic ring is 1. The van der Waals surface area contributed by atoms with Crippen LogP contribution in [0.2, 0.25) is 0 Å². The van der Waals surface area contributed by atoms with Crippen LogP contribution in [0.25, 0.3) is 11.1 Å². The highest BCUT2D eigenvalue weighted by Gasteiger charge is 2.12. The fourth-order valence-electron chi connectivity index (χ4n) is 1.73. The normalized spacial score (nSPS) is 10.9. The summed E-state index contributed by atoms with van der Waals surface area (Å²) in [5.41, 5.74) is 6.72. The zero-order chi connectivity index (χ0) is 14.3. The molecule has 0 saturated carbocycles. The summed E-state index contributed by atoms with van der Waals surface area (Å²) in [4.78, 5) is 4.02. The summed E-state index contributed by atoms with van der Waals surface area (Å²) in [5, 5.41) is 2.45. The largest absolute Gasteiger partial charge is 0.423 e. The third-order valence-electron chi connectivity index (χ3n) is 2.66. The van der Waals surface area contributed by atoms with E-state index in [1.54, 1.807) is 18.2 Å². The minimum atomic E-state index is -1.27. The van der Waals surface area contributed by atoms with E-state index in [-0.39, 0.29) is 11.7 Å². The van der Waals surface area contributed by atoms with E-state index in [2.05, 4.69) is 10.3 Å². The second-order valence-electron chi connectivity index (χ2n) is 4.12. The molecule has 4 nitrogen and oxygen atoms in total. The first-order valence-corrected chi connectivity index (χ1v) is 5.60. The highest BCUT2D eigenvalue weighted by atomic mass is 19.2. The van der Waals surface area contributed by atoms with Crippen molar-refractivity contribution in [2.24, 2.45) is 0 Å². The molecule has 2 aromatic carbocycles. The van der Waals surface area contributed by atoms with Gasteiger partial charge in [-0.05, 0) is 18.2 Å². The van der Waals surface area contributed by atoms with Gasteiger partial charge in [-0.2, -0.15) is 4.98 Å². The number of anilines is 3. The maximum absolute atomic E-state index is 13.5. The Morgan fingerprint density at radius 3 is 2.55 bits per heavy atom. The van der Waals surface area contributed by atoms with Crippen LogP contribution in [0.3, 0.4) is 0 Å². The maximum Gasteiger partial charge on any atom is 0.300 e. The van der Waals surface area contributed by atoms with Gasteiger partial charge >= 0.3 is 0 Å². The Kier molecular flexibility index (Phi) is 2.74. The van der Waals surface area contributed by atoms with E-state index in [1.807, 2.05) is 0 Å². The minimum Gasteiger partial charge on any atom is -0.423 e. The zero-order valence-electron chi connectivity index (χ0n) is 9.95. The Morgan fingerprint density at radius 2 is 1.75 bits per heavy atom. The zero-order valence-corrected chi connectivity index (χ0v) is 9.95. The molecule has 1 aromatic heterocycles. The molecule has 0 amide bonds. The van der Waals surface area contributed by atoms with Crippen LogP contribution >= 0.6 is 0 Å². The molecule has 0 saturated heterocycles. The quantitative estimate of drug-likeness (QED) is 0.556. The van der Waals surface area contributed by atoms with Crippen molar-refractivity contribution in [1.29, 1.82) is 0 Å². The summed E-state index contributed by atoms with van der Waals surface area (Å²) in [5.74, 6) is -3.39. The highest BCUT2D eigenvalue weighted by Crippen LogP contribution is 2.26. The molecule has 3 N–H and O–H groups in total. The molecule has 0 bridgehead atoms. The van der Waals surface area contributed by atoms with Gasteiger partial charge in [-0.15, -0.1) is 0 Å². The Balaban J connectivity index is 1.99. The Labute approximate surface area is 111 Å². The topological polar surface area (TPSA) is 64.1 Å². The van der Waals surface area contributed by atoms with Gasteiger partial charge in [0.2, 0.25) is 0 Å². The number of nitrogens with one attached hydrogen (secondary N) is 1. The van der Waals surface area contributed by atoms with E-state index in [0.29, 0.717) is 28.9 Å². The van der Waals surface area contributed by atoms with Gasteiger partial charge in [-0.25, -0.2) is 13.2 Å². The van der Waals surface area contributed by atoms with E-state index >= 15 is 0 Å².